The van der Waals surface area contributed by atoms with Crippen LogP contribution in [0.15, 0.2) is 0 Å². The Hall–Kier alpha value is -0.660. The van der Waals surface area contributed by atoms with E-state index < -0.39 is 23.0 Å². The minimum atomic E-state index is -4.57. The van der Waals surface area contributed by atoms with E-state index in [0.717, 1.165) is 19.3 Å². The van der Waals surface area contributed by atoms with Crippen LogP contribution < -0.4 is 0 Å². The first kappa shape index (κ1) is 17.3. The Morgan fingerprint density at radius 1 is 1.06 bits per heavy atom. The van der Waals surface area contributed by atoms with Crippen molar-refractivity contribution >= 4 is 16.4 Å². The number of carbonyl (C=O) groups excluding carboxylic acids is 1. The Morgan fingerprint density at radius 2 is 1.61 bits per heavy atom. The molecule has 1 N–H and O–H groups in total. The van der Waals surface area contributed by atoms with Gasteiger partial charge in [0, 0.05) is 0 Å². The van der Waals surface area contributed by atoms with Gasteiger partial charge in [-0.25, -0.2) is 8.98 Å². The summed E-state index contributed by atoms with van der Waals surface area (Å²) in [6.07, 6.45) is 7.73. The topological polar surface area (TPSA) is 89.9 Å². The molecule has 18 heavy (non-hydrogen) atoms. The third kappa shape index (κ3) is 13.4. The molecule has 0 amide bonds. The van der Waals surface area contributed by atoms with Crippen molar-refractivity contribution < 1.29 is 26.7 Å². The lowest BCUT2D eigenvalue weighted by molar-refractivity contribution is -0.146. The number of carbonyl (C=O) groups is 1. The molecule has 0 heterocycles. The van der Waals surface area contributed by atoms with E-state index in [4.69, 9.17) is 9.29 Å². The largest absolute Gasteiger partial charge is 0.464 e. The van der Waals surface area contributed by atoms with Crippen LogP contribution in [0.2, 0.25) is 0 Å². The molecule has 0 aromatic heterocycles. The van der Waals surface area contributed by atoms with Gasteiger partial charge in [0.2, 0.25) is 0 Å². The van der Waals surface area contributed by atoms with Crippen LogP contribution in [0.4, 0.5) is 0 Å². The van der Waals surface area contributed by atoms with Gasteiger partial charge in [-0.2, -0.15) is 8.42 Å². The number of esters is 1. The van der Waals surface area contributed by atoms with Crippen molar-refractivity contribution in [1.29, 1.82) is 0 Å². The minimum Gasteiger partial charge on any atom is -0.464 e. The molecular formula is C11H22O6S. The lowest BCUT2D eigenvalue weighted by Gasteiger charge is -2.04. The first-order chi connectivity index (χ1) is 8.45. The third-order valence-electron chi connectivity index (χ3n) is 2.34. The highest BCUT2D eigenvalue weighted by Gasteiger charge is 2.10. The molecular weight excluding hydrogens is 260 g/mol. The predicted molar refractivity (Wildman–Crippen MR) is 66.5 cm³/mol. The average Bonchev–Trinajstić information content (AvgIpc) is 2.29. The highest BCUT2D eigenvalue weighted by Crippen LogP contribution is 2.06. The molecule has 0 unspecified atom stereocenters. The fourth-order valence-electron chi connectivity index (χ4n) is 1.41. The van der Waals surface area contributed by atoms with Crippen molar-refractivity contribution in [2.45, 2.75) is 51.9 Å². The molecule has 0 aliphatic carbocycles. The molecule has 0 atom stereocenters. The number of hydrogen-bond acceptors (Lipinski definition) is 5. The molecule has 0 spiro atoms. The Labute approximate surface area is 109 Å². The van der Waals surface area contributed by atoms with Gasteiger partial charge in [-0.1, -0.05) is 45.4 Å². The summed E-state index contributed by atoms with van der Waals surface area (Å²) in [7, 11) is -4.57. The molecule has 0 bridgehead atoms. The van der Waals surface area contributed by atoms with Gasteiger partial charge in [-0.15, -0.1) is 0 Å². The smallest absolute Gasteiger partial charge is 0.397 e. The molecule has 0 saturated heterocycles. The van der Waals surface area contributed by atoms with Crippen LogP contribution in [0.1, 0.15) is 51.9 Å². The van der Waals surface area contributed by atoms with Gasteiger partial charge < -0.3 is 4.74 Å². The monoisotopic (exact) mass is 282 g/mol. The van der Waals surface area contributed by atoms with Crippen molar-refractivity contribution in [1.82, 2.24) is 0 Å². The Kier molecular flexibility index (Phi) is 9.90. The van der Waals surface area contributed by atoms with E-state index in [-0.39, 0.29) is 6.61 Å². The average molecular weight is 282 g/mol. The summed E-state index contributed by atoms with van der Waals surface area (Å²) < 4.78 is 37.1. The van der Waals surface area contributed by atoms with E-state index in [1.807, 2.05) is 0 Å². The molecule has 7 heteroatoms. The normalized spacial score (nSPS) is 11.4. The van der Waals surface area contributed by atoms with Crippen LogP contribution in [0.3, 0.4) is 0 Å². The molecule has 6 nitrogen and oxygen atoms in total. The highest BCUT2D eigenvalue weighted by atomic mass is 32.3. The van der Waals surface area contributed by atoms with Gasteiger partial charge >= 0.3 is 16.4 Å². The van der Waals surface area contributed by atoms with Gasteiger partial charge in [0.15, 0.2) is 6.61 Å². The van der Waals surface area contributed by atoms with Gasteiger partial charge in [-0.05, 0) is 6.42 Å². The van der Waals surface area contributed by atoms with Crippen LogP contribution >= 0.6 is 0 Å². The molecule has 0 rings (SSSR count). The number of hydrogen-bond donors (Lipinski definition) is 1. The quantitative estimate of drug-likeness (QED) is 0.354. The SMILES string of the molecule is CCCCCCCCCOC(=O)COS(=O)(=O)O. The summed E-state index contributed by atoms with van der Waals surface area (Å²) in [5.41, 5.74) is 0. The van der Waals surface area contributed by atoms with E-state index in [2.05, 4.69) is 11.1 Å². The van der Waals surface area contributed by atoms with Gasteiger partial charge in [0.25, 0.3) is 0 Å². The minimum absolute atomic E-state index is 0.251. The van der Waals surface area contributed by atoms with Crippen LogP contribution in [-0.2, 0) is 24.1 Å². The Balaban J connectivity index is 3.30. The second kappa shape index (κ2) is 10.3. The van der Waals surface area contributed by atoms with Gasteiger partial charge in [-0.3, -0.25) is 4.55 Å². The summed E-state index contributed by atoms with van der Waals surface area (Å²) in [5.74, 6) is -0.793. The van der Waals surface area contributed by atoms with Crippen molar-refractivity contribution in [2.75, 3.05) is 13.2 Å². The zero-order valence-electron chi connectivity index (χ0n) is 10.8. The number of unbranched alkanes of at least 4 members (excludes halogenated alkanes) is 6. The Morgan fingerprint density at radius 3 is 2.17 bits per heavy atom. The first-order valence-corrected chi connectivity index (χ1v) is 7.59. The molecule has 0 fully saturated rings. The molecule has 0 aromatic rings. The van der Waals surface area contributed by atoms with Crippen LogP contribution in [0.25, 0.3) is 0 Å². The highest BCUT2D eigenvalue weighted by molar-refractivity contribution is 7.80. The van der Waals surface area contributed by atoms with Crippen LogP contribution in [0, 0.1) is 0 Å². The van der Waals surface area contributed by atoms with Crippen LogP contribution in [-0.4, -0.2) is 32.2 Å². The molecule has 0 aliphatic rings. The second-order valence-corrected chi connectivity index (χ2v) is 5.12. The van der Waals surface area contributed by atoms with Crippen molar-refractivity contribution in [2.24, 2.45) is 0 Å². The zero-order valence-corrected chi connectivity index (χ0v) is 11.6. The van der Waals surface area contributed by atoms with E-state index in [1.165, 1.54) is 25.7 Å². The van der Waals surface area contributed by atoms with E-state index in [0.29, 0.717) is 0 Å². The van der Waals surface area contributed by atoms with Crippen molar-refractivity contribution in [3.8, 4) is 0 Å². The Bertz CT molecular complexity index is 311. The summed E-state index contributed by atoms with van der Waals surface area (Å²) >= 11 is 0. The first-order valence-electron chi connectivity index (χ1n) is 6.23. The summed E-state index contributed by atoms with van der Waals surface area (Å²) in [4.78, 5) is 10.9. The third-order valence-corrected chi connectivity index (χ3v) is 2.75. The molecule has 0 aromatic carbocycles. The molecule has 0 radical (unpaired) electrons. The maximum absolute atomic E-state index is 10.9. The lowest BCUT2D eigenvalue weighted by atomic mass is 10.1. The van der Waals surface area contributed by atoms with Crippen molar-refractivity contribution in [3.63, 3.8) is 0 Å². The fourth-order valence-corrected chi connectivity index (χ4v) is 1.65. The zero-order chi connectivity index (χ0) is 13.9. The number of ether oxygens (including phenoxy) is 1. The standard InChI is InChI=1S/C11H22O6S/c1-2-3-4-5-6-7-8-9-16-11(12)10-17-18(13,14)15/h2-10H2,1H3,(H,13,14,15). The summed E-state index contributed by atoms with van der Waals surface area (Å²) in [6.45, 7) is 1.63. The maximum Gasteiger partial charge on any atom is 0.397 e. The number of rotatable bonds is 11. The molecule has 0 aliphatic heterocycles. The van der Waals surface area contributed by atoms with Gasteiger partial charge in [0.05, 0.1) is 6.61 Å². The summed E-state index contributed by atoms with van der Waals surface area (Å²) in [6, 6.07) is 0. The van der Waals surface area contributed by atoms with Crippen LogP contribution in [0.5, 0.6) is 0 Å². The van der Waals surface area contributed by atoms with Crippen molar-refractivity contribution in [3.05, 3.63) is 0 Å². The van der Waals surface area contributed by atoms with Gasteiger partial charge in [0.1, 0.15) is 0 Å². The molecule has 108 valence electrons. The van der Waals surface area contributed by atoms with E-state index >= 15 is 0 Å². The lowest BCUT2D eigenvalue weighted by Crippen LogP contribution is -2.16. The summed E-state index contributed by atoms with van der Waals surface area (Å²) in [5, 5.41) is 0. The predicted octanol–water partition coefficient (Wildman–Crippen LogP) is 2.10. The maximum atomic E-state index is 10.9. The van der Waals surface area contributed by atoms with E-state index in [1.54, 1.807) is 0 Å². The van der Waals surface area contributed by atoms with E-state index in [9.17, 15) is 13.2 Å². The fraction of sp³-hybridized carbons (Fsp3) is 0.909. The molecule has 0 saturated carbocycles. The second-order valence-electron chi connectivity index (χ2n) is 4.03.